The summed E-state index contributed by atoms with van der Waals surface area (Å²) in [4.78, 5) is 1.71. The molecule has 0 amide bonds. The van der Waals surface area contributed by atoms with Crippen molar-refractivity contribution in [1.29, 1.82) is 0 Å². The van der Waals surface area contributed by atoms with E-state index >= 15 is 0 Å². The fourth-order valence-corrected chi connectivity index (χ4v) is 6.13. The van der Waals surface area contributed by atoms with Crippen molar-refractivity contribution in [2.24, 2.45) is 16.7 Å². The Balaban J connectivity index is 1.88. The summed E-state index contributed by atoms with van der Waals surface area (Å²) in [6, 6.07) is 11.0. The molecule has 1 heteroatoms. The summed E-state index contributed by atoms with van der Waals surface area (Å²) in [5, 5.41) is 0. The van der Waals surface area contributed by atoms with Gasteiger partial charge in [0.2, 0.25) is 0 Å². The van der Waals surface area contributed by atoms with Crippen molar-refractivity contribution >= 4 is 17.3 Å². The fourth-order valence-electron chi connectivity index (χ4n) is 4.62. The summed E-state index contributed by atoms with van der Waals surface area (Å²) >= 11 is 2.10. The van der Waals surface area contributed by atoms with E-state index < -0.39 is 0 Å². The van der Waals surface area contributed by atoms with Crippen molar-refractivity contribution < 1.29 is 0 Å². The lowest BCUT2D eigenvalue weighted by molar-refractivity contribution is 0.177. The number of thioether (sulfide) groups is 1. The molecule has 0 nitrogen and oxygen atoms in total. The highest BCUT2D eigenvalue weighted by Crippen LogP contribution is 2.72. The molecule has 0 aromatic heterocycles. The summed E-state index contributed by atoms with van der Waals surface area (Å²) in [6.45, 7) is 7.49. The molecule has 0 N–H and O–H groups in total. The van der Waals surface area contributed by atoms with Crippen molar-refractivity contribution in [3.63, 3.8) is 0 Å². The van der Waals surface area contributed by atoms with Crippen LogP contribution >= 0.6 is 11.8 Å². The van der Waals surface area contributed by atoms with Gasteiger partial charge in [0.05, 0.1) is 0 Å². The number of hydrogen-bond donors (Lipinski definition) is 0. The Morgan fingerprint density at radius 2 is 1.85 bits per heavy atom. The van der Waals surface area contributed by atoms with Crippen LogP contribution in [0, 0.1) is 16.7 Å². The van der Waals surface area contributed by atoms with Gasteiger partial charge in [-0.25, -0.2) is 0 Å². The van der Waals surface area contributed by atoms with Crippen LogP contribution in [0.25, 0.3) is 5.57 Å². The molecule has 0 spiro atoms. The van der Waals surface area contributed by atoms with E-state index in [1.54, 1.807) is 10.5 Å². The summed E-state index contributed by atoms with van der Waals surface area (Å²) in [7, 11) is 0. The normalized spacial score (nSPS) is 34.1. The standard InChI is InChI=1S/C19H22S/c1-18(2)15-9-11-19(18,3)17-16(15)14(10-12-20-17)13-7-5-4-6-8-13/h4-8,10,15H,9,11-12H2,1-3H3/t15-,19+/m1/s1. The van der Waals surface area contributed by atoms with Crippen molar-refractivity contribution in [2.75, 3.05) is 5.75 Å². The molecule has 0 unspecified atom stereocenters. The van der Waals surface area contributed by atoms with Crippen LogP contribution in [0.15, 0.2) is 46.9 Å². The first-order valence-corrected chi connectivity index (χ1v) is 8.68. The molecule has 2 bridgehead atoms. The first-order chi connectivity index (χ1) is 9.56. The molecule has 1 aromatic rings. The van der Waals surface area contributed by atoms with Crippen molar-refractivity contribution in [3.8, 4) is 0 Å². The Morgan fingerprint density at radius 1 is 1.10 bits per heavy atom. The highest BCUT2D eigenvalue weighted by Gasteiger charge is 2.61. The van der Waals surface area contributed by atoms with Gasteiger partial charge in [0.1, 0.15) is 0 Å². The third kappa shape index (κ3) is 1.40. The van der Waals surface area contributed by atoms with E-state index in [-0.39, 0.29) is 0 Å². The van der Waals surface area contributed by atoms with Crippen LogP contribution in [0.5, 0.6) is 0 Å². The molecule has 0 saturated heterocycles. The van der Waals surface area contributed by atoms with Gasteiger partial charge in [-0.15, -0.1) is 11.8 Å². The SMILES string of the molecule is CC1(C)[C@@H]2CC[C@@]1(C)C1=C2C(c2ccccc2)=CCS1. The zero-order chi connectivity index (χ0) is 14.0. The molecule has 3 aliphatic rings. The zero-order valence-corrected chi connectivity index (χ0v) is 13.4. The average Bonchev–Trinajstić information content (AvgIpc) is 2.80. The molecule has 1 saturated carbocycles. The topological polar surface area (TPSA) is 0 Å². The lowest BCUT2D eigenvalue weighted by atomic mass is 9.70. The van der Waals surface area contributed by atoms with Crippen molar-refractivity contribution in [1.82, 2.24) is 0 Å². The molecule has 20 heavy (non-hydrogen) atoms. The molecule has 4 rings (SSSR count). The Hall–Kier alpha value is -0.950. The second-order valence-electron chi connectivity index (χ2n) is 7.18. The van der Waals surface area contributed by atoms with Gasteiger partial charge < -0.3 is 0 Å². The predicted molar refractivity (Wildman–Crippen MR) is 88.5 cm³/mol. The fraction of sp³-hybridized carbons (Fsp3) is 0.474. The lowest BCUT2D eigenvalue weighted by Gasteiger charge is -2.37. The van der Waals surface area contributed by atoms with Gasteiger partial charge in [-0.05, 0) is 45.8 Å². The van der Waals surface area contributed by atoms with E-state index in [0.29, 0.717) is 10.8 Å². The first-order valence-electron chi connectivity index (χ1n) is 7.69. The van der Waals surface area contributed by atoms with Crippen LogP contribution in [0.3, 0.4) is 0 Å². The molecule has 2 aliphatic carbocycles. The van der Waals surface area contributed by atoms with Crippen LogP contribution in [-0.4, -0.2) is 5.75 Å². The monoisotopic (exact) mass is 282 g/mol. The van der Waals surface area contributed by atoms with Crippen LogP contribution in [0.1, 0.15) is 39.2 Å². The van der Waals surface area contributed by atoms with E-state index in [9.17, 15) is 0 Å². The Bertz CT molecular complexity index is 620. The van der Waals surface area contributed by atoms with E-state index in [1.165, 1.54) is 24.0 Å². The largest absolute Gasteiger partial charge is 0.125 e. The van der Waals surface area contributed by atoms with Gasteiger partial charge in [0.15, 0.2) is 0 Å². The predicted octanol–water partition coefficient (Wildman–Crippen LogP) is 5.53. The number of rotatable bonds is 1. The minimum atomic E-state index is 0.409. The Labute approximate surface area is 126 Å². The molecule has 1 aromatic carbocycles. The van der Waals surface area contributed by atoms with E-state index in [1.807, 2.05) is 0 Å². The highest BCUT2D eigenvalue weighted by atomic mass is 32.2. The molecular formula is C19H22S. The van der Waals surface area contributed by atoms with E-state index in [0.717, 1.165) is 11.7 Å². The third-order valence-electron chi connectivity index (χ3n) is 6.21. The summed E-state index contributed by atoms with van der Waals surface area (Å²) in [5.74, 6) is 1.89. The van der Waals surface area contributed by atoms with E-state index in [2.05, 4.69) is 68.9 Å². The smallest absolute Gasteiger partial charge is 0.0167 e. The number of allylic oxidation sites excluding steroid dienone is 3. The second-order valence-corrected chi connectivity index (χ2v) is 8.21. The average molecular weight is 282 g/mol. The van der Waals surface area contributed by atoms with Crippen LogP contribution in [0.2, 0.25) is 0 Å². The number of benzene rings is 1. The van der Waals surface area contributed by atoms with Gasteiger partial charge in [-0.1, -0.05) is 57.2 Å². The first kappa shape index (κ1) is 12.8. The summed E-state index contributed by atoms with van der Waals surface area (Å²) < 4.78 is 0. The minimum Gasteiger partial charge on any atom is -0.125 e. The van der Waals surface area contributed by atoms with Gasteiger partial charge in [-0.3, -0.25) is 0 Å². The highest BCUT2D eigenvalue weighted by molar-refractivity contribution is 8.03. The Morgan fingerprint density at radius 3 is 2.60 bits per heavy atom. The van der Waals surface area contributed by atoms with Crippen LogP contribution < -0.4 is 0 Å². The van der Waals surface area contributed by atoms with E-state index in [4.69, 9.17) is 0 Å². The molecule has 1 heterocycles. The number of fused-ring (bicyclic) bond motifs is 4. The second kappa shape index (κ2) is 4.04. The molecule has 104 valence electrons. The molecule has 1 aliphatic heterocycles. The lowest BCUT2D eigenvalue weighted by Crippen LogP contribution is -2.29. The molecule has 1 fully saturated rings. The van der Waals surface area contributed by atoms with Crippen LogP contribution in [-0.2, 0) is 0 Å². The molecule has 0 radical (unpaired) electrons. The van der Waals surface area contributed by atoms with Gasteiger partial charge in [-0.2, -0.15) is 0 Å². The Kier molecular flexibility index (Phi) is 2.58. The maximum absolute atomic E-state index is 2.51. The van der Waals surface area contributed by atoms with Gasteiger partial charge in [0.25, 0.3) is 0 Å². The van der Waals surface area contributed by atoms with Crippen LogP contribution in [0.4, 0.5) is 0 Å². The summed E-state index contributed by atoms with van der Waals surface area (Å²) in [5.41, 5.74) is 5.45. The molecular weight excluding hydrogens is 260 g/mol. The maximum Gasteiger partial charge on any atom is 0.0167 e. The number of hydrogen-bond acceptors (Lipinski definition) is 1. The van der Waals surface area contributed by atoms with Crippen molar-refractivity contribution in [2.45, 2.75) is 33.6 Å². The van der Waals surface area contributed by atoms with Gasteiger partial charge >= 0.3 is 0 Å². The zero-order valence-electron chi connectivity index (χ0n) is 12.6. The summed E-state index contributed by atoms with van der Waals surface area (Å²) in [6.07, 6.45) is 5.20. The maximum atomic E-state index is 2.51. The van der Waals surface area contributed by atoms with Crippen molar-refractivity contribution in [3.05, 3.63) is 52.4 Å². The quantitative estimate of drug-likeness (QED) is 0.653. The third-order valence-corrected chi connectivity index (χ3v) is 7.50. The molecule has 2 atom stereocenters. The van der Waals surface area contributed by atoms with Gasteiger partial charge in [0, 0.05) is 11.2 Å². The minimum absolute atomic E-state index is 0.409.